The van der Waals surface area contributed by atoms with Crippen molar-refractivity contribution in [3.8, 4) is 22.8 Å². The van der Waals surface area contributed by atoms with Crippen molar-refractivity contribution < 1.29 is 22.7 Å². The van der Waals surface area contributed by atoms with Crippen molar-refractivity contribution in [1.29, 1.82) is 0 Å². The van der Waals surface area contributed by atoms with E-state index in [1.54, 1.807) is 23.1 Å². The van der Waals surface area contributed by atoms with Gasteiger partial charge in [-0.3, -0.25) is 4.79 Å². The van der Waals surface area contributed by atoms with Gasteiger partial charge < -0.3 is 14.6 Å². The number of hydrogen-bond acceptors (Lipinski definition) is 6. The molecule has 35 heavy (non-hydrogen) atoms. The quantitative estimate of drug-likeness (QED) is 0.456. The van der Waals surface area contributed by atoms with Gasteiger partial charge in [0.2, 0.25) is 0 Å². The highest BCUT2D eigenvalue weighted by Crippen LogP contribution is 2.35. The summed E-state index contributed by atoms with van der Waals surface area (Å²) in [5, 5.41) is 16.5. The number of nitrogens with one attached hydrogen (secondary N) is 1. The molecule has 12 heteroatoms. The molecule has 9 nitrogen and oxygen atoms in total. The summed E-state index contributed by atoms with van der Waals surface area (Å²) in [7, 11) is 0. The molecule has 1 saturated heterocycles. The second kappa shape index (κ2) is 8.85. The van der Waals surface area contributed by atoms with Crippen LogP contribution in [0, 0.1) is 6.92 Å². The number of ether oxygens (including phenoxy) is 1. The van der Waals surface area contributed by atoms with Gasteiger partial charge in [-0.1, -0.05) is 23.8 Å². The fourth-order valence-corrected chi connectivity index (χ4v) is 4.21. The maximum absolute atomic E-state index is 13.6. The average molecular weight is 483 g/mol. The topological polar surface area (TPSA) is 102 Å². The van der Waals surface area contributed by atoms with Gasteiger partial charge in [-0.25, -0.2) is 0 Å². The molecule has 5 rings (SSSR count). The summed E-state index contributed by atoms with van der Waals surface area (Å²) in [6, 6.07) is 10.7. The van der Waals surface area contributed by atoms with Gasteiger partial charge in [0.05, 0.1) is 35.2 Å². The minimum absolute atomic E-state index is 0.116. The molecule has 1 aliphatic heterocycles. The molecule has 0 aliphatic carbocycles. The Morgan fingerprint density at radius 2 is 1.89 bits per heavy atom. The van der Waals surface area contributed by atoms with E-state index in [1.807, 2.05) is 13.0 Å². The number of rotatable bonds is 5. The van der Waals surface area contributed by atoms with Crippen LogP contribution in [0.1, 0.15) is 40.6 Å². The average Bonchev–Trinajstić information content (AvgIpc) is 3.59. The predicted octanol–water partition coefficient (Wildman–Crippen LogP) is 4.24. The van der Waals surface area contributed by atoms with E-state index in [-0.39, 0.29) is 17.3 Å². The molecule has 180 valence electrons. The van der Waals surface area contributed by atoms with Gasteiger partial charge in [-0.2, -0.15) is 15.0 Å². The van der Waals surface area contributed by atoms with Crippen molar-refractivity contribution in [3.63, 3.8) is 0 Å². The zero-order valence-electron chi connectivity index (χ0n) is 18.5. The Bertz CT molecular complexity index is 1350. The lowest BCUT2D eigenvalue weighted by Crippen LogP contribution is -2.32. The van der Waals surface area contributed by atoms with Crippen LogP contribution in [0.15, 0.2) is 54.9 Å². The van der Waals surface area contributed by atoms with Crippen molar-refractivity contribution in [2.75, 3.05) is 6.54 Å². The lowest BCUT2D eigenvalue weighted by Gasteiger charge is -2.24. The number of H-pyrrole nitrogens is 1. The number of aromatic amines is 1. The molecule has 1 N–H and O–H groups in total. The molecular weight excluding hydrogens is 463 g/mol. The molecule has 0 saturated carbocycles. The first-order valence-electron chi connectivity index (χ1n) is 10.9. The van der Waals surface area contributed by atoms with Crippen LogP contribution in [-0.2, 0) is 0 Å². The summed E-state index contributed by atoms with van der Waals surface area (Å²) >= 11 is 0. The van der Waals surface area contributed by atoms with Gasteiger partial charge in [-0.15, -0.1) is 23.4 Å². The standard InChI is InChI=1S/C23H20F3N7O2/c1-14-8-9-17(33-27-10-11-28-33)16(13-14)22(34)32-12-4-6-18(32)21-29-20(30-31-21)15-5-2-3-7-19(15)35-23(24,25)26/h2-3,5,7-11,13,18H,4,6,12H2,1H3,(H,29,30,31)/t18-/m0/s1. The smallest absolute Gasteiger partial charge is 0.405 e. The Balaban J connectivity index is 1.45. The Morgan fingerprint density at radius 3 is 2.66 bits per heavy atom. The van der Waals surface area contributed by atoms with Crippen molar-refractivity contribution in [1.82, 2.24) is 35.1 Å². The third-order valence-corrected chi connectivity index (χ3v) is 5.72. The minimum Gasteiger partial charge on any atom is -0.405 e. The number of nitrogens with zero attached hydrogens (tertiary/aromatic N) is 6. The van der Waals surface area contributed by atoms with Gasteiger partial charge in [-0.05, 0) is 44.0 Å². The first-order chi connectivity index (χ1) is 16.8. The molecule has 1 fully saturated rings. The maximum Gasteiger partial charge on any atom is 0.573 e. The van der Waals surface area contributed by atoms with Gasteiger partial charge in [0.1, 0.15) is 5.75 Å². The van der Waals surface area contributed by atoms with E-state index in [0.29, 0.717) is 30.0 Å². The zero-order chi connectivity index (χ0) is 24.6. The van der Waals surface area contributed by atoms with E-state index in [0.717, 1.165) is 12.0 Å². The van der Waals surface area contributed by atoms with Gasteiger partial charge >= 0.3 is 6.36 Å². The number of amides is 1. The lowest BCUT2D eigenvalue weighted by atomic mass is 10.1. The van der Waals surface area contributed by atoms with Crippen LogP contribution in [0.4, 0.5) is 13.2 Å². The molecule has 0 unspecified atom stereocenters. The molecule has 3 heterocycles. The third-order valence-electron chi connectivity index (χ3n) is 5.72. The molecule has 0 radical (unpaired) electrons. The van der Waals surface area contributed by atoms with E-state index in [2.05, 4.69) is 30.1 Å². The van der Waals surface area contributed by atoms with Crippen molar-refractivity contribution in [2.24, 2.45) is 0 Å². The van der Waals surface area contributed by atoms with Crippen LogP contribution in [0.2, 0.25) is 0 Å². The number of para-hydroxylation sites is 1. The first kappa shape index (κ1) is 22.6. The third kappa shape index (κ3) is 4.59. The Morgan fingerprint density at radius 1 is 1.11 bits per heavy atom. The largest absolute Gasteiger partial charge is 0.573 e. The second-order valence-electron chi connectivity index (χ2n) is 8.10. The lowest BCUT2D eigenvalue weighted by molar-refractivity contribution is -0.274. The van der Waals surface area contributed by atoms with Crippen molar-refractivity contribution in [3.05, 3.63) is 71.8 Å². The van der Waals surface area contributed by atoms with Crippen LogP contribution in [0.3, 0.4) is 0 Å². The number of carbonyl (C=O) groups excluding carboxylic acids is 1. The number of alkyl halides is 3. The van der Waals surface area contributed by atoms with E-state index in [9.17, 15) is 18.0 Å². The van der Waals surface area contributed by atoms with Crippen molar-refractivity contribution in [2.45, 2.75) is 32.2 Å². The molecule has 0 spiro atoms. The molecule has 4 aromatic rings. The normalized spacial score (nSPS) is 16.0. The van der Waals surface area contributed by atoms with Crippen LogP contribution in [-0.4, -0.2) is 53.9 Å². The summed E-state index contributed by atoms with van der Waals surface area (Å²) in [6.07, 6.45) is -0.418. The fourth-order valence-electron chi connectivity index (χ4n) is 4.21. The fraction of sp³-hybridized carbons (Fsp3) is 0.261. The maximum atomic E-state index is 13.6. The van der Waals surface area contributed by atoms with Gasteiger partial charge in [0, 0.05) is 6.54 Å². The Hall–Kier alpha value is -4.22. The minimum atomic E-state index is -4.84. The van der Waals surface area contributed by atoms with Crippen LogP contribution >= 0.6 is 0 Å². The summed E-state index contributed by atoms with van der Waals surface area (Å²) < 4.78 is 42.6. The van der Waals surface area contributed by atoms with Gasteiger partial charge in [0.25, 0.3) is 5.91 Å². The van der Waals surface area contributed by atoms with Gasteiger partial charge in [0.15, 0.2) is 11.6 Å². The first-order valence-corrected chi connectivity index (χ1v) is 10.9. The second-order valence-corrected chi connectivity index (χ2v) is 8.10. The van der Waals surface area contributed by atoms with E-state index in [4.69, 9.17) is 0 Å². The summed E-state index contributed by atoms with van der Waals surface area (Å²) in [5.74, 6) is -0.101. The Kier molecular flexibility index (Phi) is 5.71. The number of halogens is 3. The highest BCUT2D eigenvalue weighted by Gasteiger charge is 2.35. The number of carbonyl (C=O) groups is 1. The summed E-state index contributed by atoms with van der Waals surface area (Å²) in [4.78, 5) is 19.7. The molecule has 1 aliphatic rings. The summed E-state index contributed by atoms with van der Waals surface area (Å²) in [6.45, 7) is 2.38. The molecule has 2 aromatic carbocycles. The number of aryl methyl sites for hydroxylation is 1. The van der Waals surface area contributed by atoms with E-state index >= 15 is 0 Å². The molecule has 1 amide bonds. The number of hydrogen-bond donors (Lipinski definition) is 1. The number of aromatic nitrogens is 6. The molecule has 2 aromatic heterocycles. The SMILES string of the molecule is Cc1ccc(-n2nccn2)c(C(=O)N2CCC[C@H]2c2nnc(-c3ccccc3OC(F)(F)F)[nH]2)c1. The zero-order valence-corrected chi connectivity index (χ0v) is 18.5. The molecule has 0 bridgehead atoms. The monoisotopic (exact) mass is 483 g/mol. The Labute approximate surface area is 197 Å². The van der Waals surface area contributed by atoms with E-state index in [1.165, 1.54) is 35.4 Å². The predicted molar refractivity (Wildman–Crippen MR) is 118 cm³/mol. The van der Waals surface area contributed by atoms with Crippen molar-refractivity contribution >= 4 is 5.91 Å². The number of likely N-dealkylation sites (tertiary alicyclic amines) is 1. The molecule has 1 atom stereocenters. The highest BCUT2D eigenvalue weighted by molar-refractivity contribution is 5.98. The van der Waals surface area contributed by atoms with E-state index < -0.39 is 18.2 Å². The van der Waals surface area contributed by atoms with Crippen LogP contribution < -0.4 is 4.74 Å². The highest BCUT2D eigenvalue weighted by atomic mass is 19.4. The number of benzene rings is 2. The van der Waals surface area contributed by atoms with Crippen LogP contribution in [0.5, 0.6) is 5.75 Å². The summed E-state index contributed by atoms with van der Waals surface area (Å²) in [5.41, 5.74) is 2.01. The molecular formula is C23H20F3N7O2. The van der Waals surface area contributed by atoms with Crippen LogP contribution in [0.25, 0.3) is 17.1 Å².